The van der Waals surface area contributed by atoms with Crippen LogP contribution in [-0.2, 0) is 11.3 Å². The van der Waals surface area contributed by atoms with Crippen LogP contribution in [0.3, 0.4) is 0 Å². The maximum absolute atomic E-state index is 11.6. The summed E-state index contributed by atoms with van der Waals surface area (Å²) in [5.41, 5.74) is 0.764. The molecule has 0 aromatic heterocycles. The summed E-state index contributed by atoms with van der Waals surface area (Å²) < 4.78 is 26.3. The quantitative estimate of drug-likeness (QED) is 0.817. The van der Waals surface area contributed by atoms with Gasteiger partial charge in [0.25, 0.3) is 0 Å². The number of hydrogen-bond donors (Lipinski definition) is 1. The Morgan fingerprint density at radius 2 is 2.27 bits per heavy atom. The van der Waals surface area contributed by atoms with Crippen molar-refractivity contribution >= 4 is 6.09 Å². The van der Waals surface area contributed by atoms with Crippen molar-refractivity contribution in [1.29, 1.82) is 0 Å². The van der Waals surface area contributed by atoms with Crippen molar-refractivity contribution in [1.82, 2.24) is 4.90 Å². The molecule has 1 rings (SSSR count). The smallest absolute Gasteiger partial charge is 0.409 e. The third-order valence-electron chi connectivity index (χ3n) is 1.75. The Hall–Kier alpha value is -1.55. The molecule has 0 aliphatic carbocycles. The summed E-state index contributed by atoms with van der Waals surface area (Å²) in [6, 6.07) is 8.93. The van der Waals surface area contributed by atoms with Crippen LogP contribution in [-0.4, -0.2) is 36.2 Å². The summed E-state index contributed by atoms with van der Waals surface area (Å²) in [6.45, 7) is -3.34. The van der Waals surface area contributed by atoms with Gasteiger partial charge in [-0.15, -0.1) is 0 Å². The van der Waals surface area contributed by atoms with Gasteiger partial charge in [0.2, 0.25) is 0 Å². The number of amides is 1. The number of rotatable bonds is 4. The first-order valence-corrected chi connectivity index (χ1v) is 4.54. The number of carbonyl (C=O) groups is 1. The van der Waals surface area contributed by atoms with E-state index in [0.29, 0.717) is 4.90 Å². The van der Waals surface area contributed by atoms with Crippen LogP contribution < -0.4 is 0 Å². The molecule has 0 fully saturated rings. The molecule has 0 spiro atoms. The molecule has 0 saturated heterocycles. The zero-order valence-electron chi connectivity index (χ0n) is 11.2. The zero-order chi connectivity index (χ0) is 13.6. The fourth-order valence-corrected chi connectivity index (χ4v) is 0.989. The molecule has 4 nitrogen and oxygen atoms in total. The Bertz CT molecular complexity index is 381. The topological polar surface area (TPSA) is 49.8 Å². The highest BCUT2D eigenvalue weighted by Gasteiger charge is 2.08. The van der Waals surface area contributed by atoms with Crippen molar-refractivity contribution in [3.8, 4) is 0 Å². The SMILES string of the molecule is [2H]C([2H])([2H])N(CCO)C(=O)OCc1ccccc1. The van der Waals surface area contributed by atoms with Crippen LogP contribution in [0.4, 0.5) is 4.79 Å². The third kappa shape index (κ3) is 3.99. The fraction of sp³-hybridized carbons (Fsp3) is 0.364. The van der Waals surface area contributed by atoms with Gasteiger partial charge in [-0.05, 0) is 5.56 Å². The average Bonchev–Trinajstić information content (AvgIpc) is 2.33. The van der Waals surface area contributed by atoms with E-state index in [1.807, 2.05) is 6.07 Å². The van der Waals surface area contributed by atoms with E-state index < -0.39 is 19.7 Å². The van der Waals surface area contributed by atoms with Gasteiger partial charge in [-0.3, -0.25) is 0 Å². The average molecular weight is 212 g/mol. The monoisotopic (exact) mass is 212 g/mol. The molecule has 0 aliphatic rings. The summed E-state index contributed by atoms with van der Waals surface area (Å²) in [7, 11) is 0. The Labute approximate surface area is 93.3 Å². The molecule has 1 N–H and O–H groups in total. The summed E-state index contributed by atoms with van der Waals surface area (Å²) in [5, 5.41) is 8.73. The van der Waals surface area contributed by atoms with E-state index in [-0.39, 0.29) is 13.2 Å². The van der Waals surface area contributed by atoms with Crippen LogP contribution in [0.25, 0.3) is 0 Å². The van der Waals surface area contributed by atoms with E-state index in [2.05, 4.69) is 0 Å². The molecule has 0 heterocycles. The summed E-state index contributed by atoms with van der Waals surface area (Å²) in [6.07, 6.45) is -0.965. The predicted octanol–water partition coefficient (Wildman–Crippen LogP) is 1.25. The van der Waals surface area contributed by atoms with Gasteiger partial charge in [0.05, 0.1) is 6.61 Å². The second-order valence-corrected chi connectivity index (χ2v) is 2.92. The molecule has 0 aliphatic heterocycles. The molecule has 15 heavy (non-hydrogen) atoms. The number of likely N-dealkylation sites (N-methyl/N-ethyl adjacent to an activating group) is 1. The van der Waals surface area contributed by atoms with Crippen molar-refractivity contribution in [2.24, 2.45) is 0 Å². The minimum Gasteiger partial charge on any atom is -0.445 e. The lowest BCUT2D eigenvalue weighted by Crippen LogP contribution is -2.29. The summed E-state index contributed by atoms with van der Waals surface area (Å²) in [5.74, 6) is 0. The van der Waals surface area contributed by atoms with E-state index in [1.165, 1.54) is 0 Å². The van der Waals surface area contributed by atoms with E-state index in [4.69, 9.17) is 14.0 Å². The van der Waals surface area contributed by atoms with E-state index in [1.54, 1.807) is 24.3 Å². The van der Waals surface area contributed by atoms with Gasteiger partial charge in [0.15, 0.2) is 0 Å². The lowest BCUT2D eigenvalue weighted by molar-refractivity contribution is 0.0978. The molecule has 1 aromatic rings. The molecule has 82 valence electrons. The highest BCUT2D eigenvalue weighted by atomic mass is 16.6. The van der Waals surface area contributed by atoms with Crippen molar-refractivity contribution in [2.45, 2.75) is 6.61 Å². The Balaban J connectivity index is 2.57. The molecule has 0 saturated carbocycles. The van der Waals surface area contributed by atoms with Gasteiger partial charge in [-0.2, -0.15) is 0 Å². The molecular formula is C11H15NO3. The molecule has 1 aromatic carbocycles. The minimum atomic E-state index is -2.61. The van der Waals surface area contributed by atoms with Crippen LogP contribution >= 0.6 is 0 Å². The van der Waals surface area contributed by atoms with Crippen LogP contribution in [0.1, 0.15) is 9.68 Å². The summed E-state index contributed by atoms with van der Waals surface area (Å²) in [4.78, 5) is 12.1. The molecule has 4 heteroatoms. The lowest BCUT2D eigenvalue weighted by atomic mass is 10.2. The van der Waals surface area contributed by atoms with Crippen molar-refractivity contribution in [3.05, 3.63) is 35.9 Å². The number of carbonyl (C=O) groups excluding carboxylic acids is 1. The number of ether oxygens (including phenoxy) is 1. The van der Waals surface area contributed by atoms with Gasteiger partial charge >= 0.3 is 6.09 Å². The molecule has 0 unspecified atom stereocenters. The Morgan fingerprint density at radius 1 is 1.53 bits per heavy atom. The first-order valence-electron chi connectivity index (χ1n) is 6.04. The standard InChI is InChI=1S/C11H15NO3/c1-12(7-8-13)11(14)15-9-10-5-3-2-4-6-10/h2-6,13H,7-9H2,1H3/i1D3. The Kier molecular flexibility index (Phi) is 3.10. The highest BCUT2D eigenvalue weighted by molar-refractivity contribution is 5.67. The third-order valence-corrected chi connectivity index (χ3v) is 1.75. The lowest BCUT2D eigenvalue weighted by Gasteiger charge is -2.15. The largest absolute Gasteiger partial charge is 0.445 e. The van der Waals surface area contributed by atoms with Gasteiger partial charge in [-0.25, -0.2) is 4.79 Å². The predicted molar refractivity (Wildman–Crippen MR) is 56.3 cm³/mol. The second kappa shape index (κ2) is 6.03. The maximum atomic E-state index is 11.6. The van der Waals surface area contributed by atoms with Crippen molar-refractivity contribution < 1.29 is 18.8 Å². The van der Waals surface area contributed by atoms with Gasteiger partial charge in [0, 0.05) is 17.6 Å². The Morgan fingerprint density at radius 3 is 2.87 bits per heavy atom. The van der Waals surface area contributed by atoms with Crippen molar-refractivity contribution in [3.63, 3.8) is 0 Å². The summed E-state index contributed by atoms with van der Waals surface area (Å²) >= 11 is 0. The minimum absolute atomic E-state index is 0.00230. The second-order valence-electron chi connectivity index (χ2n) is 2.92. The van der Waals surface area contributed by atoms with Crippen LogP contribution in [0.5, 0.6) is 0 Å². The van der Waals surface area contributed by atoms with Crippen LogP contribution in [0, 0.1) is 0 Å². The molecule has 1 amide bonds. The fourth-order valence-electron chi connectivity index (χ4n) is 0.989. The van der Waals surface area contributed by atoms with E-state index in [0.717, 1.165) is 5.56 Å². The highest BCUT2D eigenvalue weighted by Crippen LogP contribution is 2.01. The first-order chi connectivity index (χ1) is 8.45. The maximum Gasteiger partial charge on any atom is 0.409 e. The molecule has 0 radical (unpaired) electrons. The van der Waals surface area contributed by atoms with Crippen LogP contribution in [0.2, 0.25) is 0 Å². The number of aliphatic hydroxyl groups excluding tert-OH is 1. The van der Waals surface area contributed by atoms with Gasteiger partial charge in [0.1, 0.15) is 6.61 Å². The number of aliphatic hydroxyl groups is 1. The van der Waals surface area contributed by atoms with Crippen LogP contribution in [0.15, 0.2) is 30.3 Å². The number of nitrogens with zero attached hydrogens (tertiary/aromatic N) is 1. The molecule has 0 bridgehead atoms. The first kappa shape index (κ1) is 7.70. The number of hydrogen-bond acceptors (Lipinski definition) is 3. The molecule has 0 atom stereocenters. The molecular weight excluding hydrogens is 194 g/mol. The zero-order valence-corrected chi connectivity index (χ0v) is 8.22. The number of benzene rings is 1. The van der Waals surface area contributed by atoms with Gasteiger partial charge < -0.3 is 14.7 Å². The van der Waals surface area contributed by atoms with Crippen molar-refractivity contribution in [2.75, 3.05) is 20.1 Å². The van der Waals surface area contributed by atoms with E-state index in [9.17, 15) is 4.79 Å². The van der Waals surface area contributed by atoms with E-state index >= 15 is 0 Å². The normalized spacial score (nSPS) is 13.5. The van der Waals surface area contributed by atoms with Gasteiger partial charge in [-0.1, -0.05) is 30.3 Å².